The van der Waals surface area contributed by atoms with Gasteiger partial charge in [0.25, 0.3) is 10.0 Å². The summed E-state index contributed by atoms with van der Waals surface area (Å²) in [5, 5.41) is 8.35. The van der Waals surface area contributed by atoms with Crippen LogP contribution in [0.3, 0.4) is 0 Å². The van der Waals surface area contributed by atoms with Crippen LogP contribution in [0.25, 0.3) is 5.69 Å². The van der Waals surface area contributed by atoms with Crippen LogP contribution in [0, 0.1) is 17.2 Å². The molecule has 1 aliphatic heterocycles. The van der Waals surface area contributed by atoms with E-state index in [4.69, 9.17) is 0 Å². The molecule has 3 aromatic heterocycles. The van der Waals surface area contributed by atoms with Gasteiger partial charge in [-0.1, -0.05) is 0 Å². The average Bonchev–Trinajstić information content (AvgIpc) is 3.57. The van der Waals surface area contributed by atoms with Crippen molar-refractivity contribution >= 4 is 15.8 Å². The van der Waals surface area contributed by atoms with Crippen molar-refractivity contribution in [3.8, 4) is 5.69 Å². The summed E-state index contributed by atoms with van der Waals surface area (Å²) in [4.78, 5) is 18.2. The van der Waals surface area contributed by atoms with Crippen molar-refractivity contribution in [2.45, 2.75) is 30.5 Å². The Morgan fingerprint density at radius 1 is 1.07 bits per heavy atom. The lowest BCUT2D eigenvalue weighted by Crippen LogP contribution is -2.58. The van der Waals surface area contributed by atoms with E-state index in [1.165, 1.54) is 40.4 Å². The molecular formula is C27H24F4N6O3S. The number of aryl methyl sites for hydroxylation is 1. The van der Waals surface area contributed by atoms with E-state index in [1.807, 2.05) is 0 Å². The molecule has 0 radical (unpaired) electrons. The Morgan fingerprint density at radius 2 is 1.83 bits per heavy atom. The summed E-state index contributed by atoms with van der Waals surface area (Å²) in [7, 11) is -2.59. The zero-order valence-corrected chi connectivity index (χ0v) is 22.5. The van der Waals surface area contributed by atoms with E-state index in [0.717, 1.165) is 24.0 Å². The maximum Gasteiger partial charge on any atom is 0.416 e. The van der Waals surface area contributed by atoms with Crippen molar-refractivity contribution in [3.63, 3.8) is 0 Å². The van der Waals surface area contributed by atoms with Crippen LogP contribution in [-0.4, -0.2) is 56.1 Å². The number of pyridine rings is 1. The third kappa shape index (κ3) is 4.54. The van der Waals surface area contributed by atoms with Crippen molar-refractivity contribution < 1.29 is 30.8 Å². The van der Waals surface area contributed by atoms with Crippen molar-refractivity contribution in [2.75, 3.05) is 13.1 Å². The molecule has 0 N–H and O–H groups in total. The lowest BCUT2D eigenvalue weighted by molar-refractivity contribution is -0.137. The molecule has 1 fully saturated rings. The second kappa shape index (κ2) is 9.58. The first-order valence-corrected chi connectivity index (χ1v) is 14.2. The monoisotopic (exact) mass is 588 g/mol. The van der Waals surface area contributed by atoms with E-state index in [0.29, 0.717) is 17.7 Å². The fourth-order valence-corrected chi connectivity index (χ4v) is 7.65. The van der Waals surface area contributed by atoms with Crippen LogP contribution in [0.2, 0.25) is 0 Å². The molecule has 6 rings (SSSR count). The summed E-state index contributed by atoms with van der Waals surface area (Å²) in [5.41, 5.74) is -0.735. The summed E-state index contributed by atoms with van der Waals surface area (Å²) in [6.07, 6.45) is -0.195. The molecule has 0 spiro atoms. The number of ketones is 1. The minimum atomic E-state index is -4.69. The van der Waals surface area contributed by atoms with Crippen molar-refractivity contribution in [1.82, 2.24) is 28.9 Å². The van der Waals surface area contributed by atoms with Crippen LogP contribution in [0.4, 0.5) is 17.6 Å². The number of aromatic nitrogens is 5. The molecule has 41 heavy (non-hydrogen) atoms. The molecule has 2 aliphatic rings. The van der Waals surface area contributed by atoms with Crippen molar-refractivity contribution in [2.24, 2.45) is 18.4 Å². The first-order valence-electron chi connectivity index (χ1n) is 12.8. The van der Waals surface area contributed by atoms with Crippen LogP contribution in [0.1, 0.15) is 33.7 Å². The largest absolute Gasteiger partial charge is 0.416 e. The van der Waals surface area contributed by atoms with Gasteiger partial charge in [-0.2, -0.15) is 27.7 Å². The number of fused-ring (bicyclic) bond motifs is 2. The van der Waals surface area contributed by atoms with Gasteiger partial charge in [0.15, 0.2) is 10.8 Å². The molecule has 214 valence electrons. The van der Waals surface area contributed by atoms with Gasteiger partial charge in [0.2, 0.25) is 0 Å². The molecule has 0 bridgehead atoms. The molecule has 1 saturated heterocycles. The lowest BCUT2D eigenvalue weighted by atomic mass is 9.60. The van der Waals surface area contributed by atoms with Crippen molar-refractivity contribution in [3.05, 3.63) is 89.4 Å². The van der Waals surface area contributed by atoms with E-state index in [-0.39, 0.29) is 36.7 Å². The molecule has 0 unspecified atom stereocenters. The highest BCUT2D eigenvalue weighted by atomic mass is 32.2. The molecule has 2 atom stereocenters. The predicted octanol–water partition coefficient (Wildman–Crippen LogP) is 3.84. The molecule has 0 saturated carbocycles. The Morgan fingerprint density at radius 3 is 2.51 bits per heavy atom. The van der Waals surface area contributed by atoms with Crippen LogP contribution in [-0.2, 0) is 36.1 Å². The fraction of sp³-hybridized carbons (Fsp3) is 0.333. The molecule has 0 amide bonds. The smallest absolute Gasteiger partial charge is 0.292 e. The zero-order valence-electron chi connectivity index (χ0n) is 21.7. The second-order valence-corrected chi connectivity index (χ2v) is 12.3. The van der Waals surface area contributed by atoms with Gasteiger partial charge >= 0.3 is 6.18 Å². The average molecular weight is 589 g/mol. The van der Waals surface area contributed by atoms with Crippen molar-refractivity contribution in [1.29, 1.82) is 0 Å². The molecule has 14 heteroatoms. The van der Waals surface area contributed by atoms with E-state index < -0.39 is 44.7 Å². The van der Waals surface area contributed by atoms with Gasteiger partial charge in [-0.15, -0.1) is 0 Å². The quantitative estimate of drug-likeness (QED) is 0.259. The number of benzene rings is 1. The van der Waals surface area contributed by atoms with Gasteiger partial charge in [-0.25, -0.2) is 17.5 Å². The number of carbonyl (C=O) groups excluding carboxylic acids is 1. The molecule has 1 aromatic carbocycles. The Labute approximate surface area is 232 Å². The highest BCUT2D eigenvalue weighted by molar-refractivity contribution is 7.89. The Hall–Kier alpha value is -3.91. The van der Waals surface area contributed by atoms with Crippen LogP contribution in [0.5, 0.6) is 0 Å². The fourth-order valence-electron chi connectivity index (χ4n) is 6.02. The van der Waals surface area contributed by atoms with Gasteiger partial charge in [-0.05, 0) is 73.2 Å². The molecule has 1 aliphatic carbocycles. The number of piperidine rings is 1. The maximum absolute atomic E-state index is 14.2. The summed E-state index contributed by atoms with van der Waals surface area (Å²) < 4.78 is 85.5. The van der Waals surface area contributed by atoms with E-state index in [9.17, 15) is 30.8 Å². The Kier molecular flexibility index (Phi) is 6.37. The summed E-state index contributed by atoms with van der Waals surface area (Å²) in [6.45, 7) is -0.146. The number of alkyl halides is 3. The van der Waals surface area contributed by atoms with E-state index in [2.05, 4.69) is 15.2 Å². The minimum absolute atomic E-state index is 0.0440. The summed E-state index contributed by atoms with van der Waals surface area (Å²) >= 11 is 0. The number of hydrogen-bond acceptors (Lipinski definition) is 6. The number of nitrogens with zero attached hydrogens (tertiary/aromatic N) is 6. The number of hydrogen-bond donors (Lipinski definition) is 0. The molecule has 4 aromatic rings. The van der Waals surface area contributed by atoms with E-state index >= 15 is 0 Å². The number of carbonyl (C=O) groups is 1. The number of rotatable bonds is 5. The highest BCUT2D eigenvalue weighted by Gasteiger charge is 2.55. The standard InChI is InChI=1S/C27H24F4N6O3S/c1-35-24(7-10-33-35)41(39,40)36-11-8-18-13-23-17(15-34-37(23)21-4-2-20(28)3-5-21)14-26(18,16-36)25(38)22-12-19(6-9-32-22)27(29,30)31/h2-7,9-10,12,15,18H,8,11,13-14,16H2,1H3/t18-,26-/m0/s1. The Balaban J connectivity index is 1.45. The third-order valence-corrected chi connectivity index (χ3v) is 10.0. The van der Waals surface area contributed by atoms with Gasteiger partial charge in [-0.3, -0.25) is 14.5 Å². The number of sulfonamides is 1. The first-order chi connectivity index (χ1) is 19.4. The molecule has 4 heterocycles. The Bertz CT molecular complexity index is 1750. The second-order valence-electron chi connectivity index (χ2n) is 10.4. The van der Waals surface area contributed by atoms with Crippen LogP contribution < -0.4 is 0 Å². The number of halogens is 4. The van der Waals surface area contributed by atoms with Gasteiger partial charge in [0.1, 0.15) is 11.5 Å². The van der Waals surface area contributed by atoms with Gasteiger partial charge in [0.05, 0.1) is 29.1 Å². The predicted molar refractivity (Wildman–Crippen MR) is 137 cm³/mol. The molecule has 9 nitrogen and oxygen atoms in total. The normalized spacial score (nSPS) is 21.3. The number of Topliss-reactive ketones (excluding diaryl/α,β-unsaturated/α-hetero) is 1. The minimum Gasteiger partial charge on any atom is -0.292 e. The first kappa shape index (κ1) is 27.3. The van der Waals surface area contributed by atoms with Gasteiger partial charge in [0, 0.05) is 32.0 Å². The highest BCUT2D eigenvalue weighted by Crippen LogP contribution is 2.48. The third-order valence-electron chi connectivity index (χ3n) is 8.09. The molecular weight excluding hydrogens is 564 g/mol. The van der Waals surface area contributed by atoms with Crippen LogP contribution >= 0.6 is 0 Å². The zero-order chi connectivity index (χ0) is 29.2. The summed E-state index contributed by atoms with van der Waals surface area (Å²) in [5.74, 6) is -1.48. The SMILES string of the molecule is Cn1nccc1S(=O)(=O)N1CC[C@H]2Cc3c(cnn3-c3ccc(F)cc3)C[C@]2(C(=O)c2cc(C(F)(F)F)ccn2)C1. The lowest BCUT2D eigenvalue weighted by Gasteiger charge is -2.49. The van der Waals surface area contributed by atoms with E-state index in [1.54, 1.807) is 23.0 Å². The summed E-state index contributed by atoms with van der Waals surface area (Å²) in [6, 6.07) is 8.63. The van der Waals surface area contributed by atoms with Gasteiger partial charge < -0.3 is 0 Å². The topological polar surface area (TPSA) is 103 Å². The maximum atomic E-state index is 14.2. The van der Waals surface area contributed by atoms with Crippen LogP contribution in [0.15, 0.2) is 66.1 Å².